The maximum Gasteiger partial charge on any atom is 0.142 e. The Bertz CT molecular complexity index is 546. The van der Waals surface area contributed by atoms with Gasteiger partial charge in [0.1, 0.15) is 12.3 Å². The normalized spacial score (nSPS) is 16.1. The number of benzene rings is 1. The lowest BCUT2D eigenvalue weighted by Crippen LogP contribution is -3.13. The quantitative estimate of drug-likeness (QED) is 0.905. The Labute approximate surface area is 125 Å². The molecule has 0 saturated carbocycles. The average molecular weight is 287 g/mol. The number of rotatable bonds is 5. The third-order valence-corrected chi connectivity index (χ3v) is 4.01. The molecule has 4 heteroatoms. The van der Waals surface area contributed by atoms with Gasteiger partial charge < -0.3 is 19.0 Å². The standard InChI is InChI=1S/C17H22N2O2/c1-2-21-17-6-4-3-5-16(17)19-10-8-18(9-11-19)13-15-7-12-20-14-15/h3-7,12,14H,2,8-11,13H2,1H3/p+1. The number of furan rings is 1. The summed E-state index contributed by atoms with van der Waals surface area (Å²) < 4.78 is 10.9. The Morgan fingerprint density at radius 2 is 2.00 bits per heavy atom. The van der Waals surface area contributed by atoms with Gasteiger partial charge in [-0.05, 0) is 25.1 Å². The van der Waals surface area contributed by atoms with Gasteiger partial charge in [-0.1, -0.05) is 12.1 Å². The van der Waals surface area contributed by atoms with Crippen molar-refractivity contribution in [3.05, 3.63) is 48.4 Å². The molecule has 1 N–H and O–H groups in total. The molecule has 0 spiro atoms. The van der Waals surface area contributed by atoms with E-state index in [0.717, 1.165) is 38.5 Å². The van der Waals surface area contributed by atoms with Crippen LogP contribution in [0.4, 0.5) is 5.69 Å². The molecule has 4 nitrogen and oxygen atoms in total. The van der Waals surface area contributed by atoms with Gasteiger partial charge in [-0.3, -0.25) is 0 Å². The van der Waals surface area contributed by atoms with Gasteiger partial charge >= 0.3 is 0 Å². The van der Waals surface area contributed by atoms with Crippen molar-refractivity contribution in [2.75, 3.05) is 37.7 Å². The minimum atomic E-state index is 0.711. The maximum atomic E-state index is 5.74. The van der Waals surface area contributed by atoms with Gasteiger partial charge in [0.15, 0.2) is 0 Å². The van der Waals surface area contributed by atoms with Crippen molar-refractivity contribution in [2.45, 2.75) is 13.5 Å². The number of anilines is 1. The van der Waals surface area contributed by atoms with Crippen LogP contribution in [0.2, 0.25) is 0 Å². The van der Waals surface area contributed by atoms with Crippen LogP contribution in [0.3, 0.4) is 0 Å². The fraction of sp³-hybridized carbons (Fsp3) is 0.412. The zero-order valence-electron chi connectivity index (χ0n) is 12.5. The number of ether oxygens (including phenoxy) is 1. The first-order valence-corrected chi connectivity index (χ1v) is 7.68. The van der Waals surface area contributed by atoms with Gasteiger partial charge in [0.05, 0.1) is 51.0 Å². The van der Waals surface area contributed by atoms with Gasteiger partial charge in [-0.15, -0.1) is 0 Å². The molecular formula is C17H23N2O2+. The predicted molar refractivity (Wildman–Crippen MR) is 82.9 cm³/mol. The van der Waals surface area contributed by atoms with E-state index >= 15 is 0 Å². The first kappa shape index (κ1) is 14.0. The van der Waals surface area contributed by atoms with Crippen LogP contribution in [0, 0.1) is 0 Å². The van der Waals surface area contributed by atoms with E-state index in [1.807, 2.05) is 19.3 Å². The summed E-state index contributed by atoms with van der Waals surface area (Å²) >= 11 is 0. The number of nitrogens with one attached hydrogen (secondary N) is 1. The van der Waals surface area contributed by atoms with Gasteiger partial charge in [0.2, 0.25) is 0 Å². The SMILES string of the molecule is CCOc1ccccc1N1CC[NH+](Cc2ccoc2)CC1. The summed E-state index contributed by atoms with van der Waals surface area (Å²) in [6.07, 6.45) is 3.60. The predicted octanol–water partition coefficient (Wildman–Crippen LogP) is 1.58. The molecule has 0 bridgehead atoms. The Hall–Kier alpha value is -1.94. The second-order valence-corrected chi connectivity index (χ2v) is 5.45. The van der Waals surface area contributed by atoms with Gasteiger partial charge in [0.25, 0.3) is 0 Å². The van der Waals surface area contributed by atoms with E-state index < -0.39 is 0 Å². The fourth-order valence-corrected chi connectivity index (χ4v) is 2.92. The highest BCUT2D eigenvalue weighted by molar-refractivity contribution is 5.58. The smallest absolute Gasteiger partial charge is 0.142 e. The van der Waals surface area contributed by atoms with Crippen molar-refractivity contribution in [1.82, 2.24) is 0 Å². The first-order chi connectivity index (χ1) is 10.4. The topological polar surface area (TPSA) is 30.1 Å². The van der Waals surface area contributed by atoms with E-state index in [2.05, 4.69) is 29.2 Å². The van der Waals surface area contributed by atoms with Crippen molar-refractivity contribution in [1.29, 1.82) is 0 Å². The van der Waals surface area contributed by atoms with Gasteiger partial charge in [-0.2, -0.15) is 0 Å². The summed E-state index contributed by atoms with van der Waals surface area (Å²) in [7, 11) is 0. The zero-order valence-corrected chi connectivity index (χ0v) is 12.5. The number of nitrogens with zero attached hydrogens (tertiary/aromatic N) is 1. The van der Waals surface area contributed by atoms with Crippen LogP contribution in [0.25, 0.3) is 0 Å². The van der Waals surface area contributed by atoms with Crippen LogP contribution in [0.5, 0.6) is 5.75 Å². The molecule has 0 aliphatic carbocycles. The van der Waals surface area contributed by atoms with E-state index in [1.165, 1.54) is 11.3 Å². The molecule has 3 rings (SSSR count). The molecule has 0 radical (unpaired) electrons. The van der Waals surface area contributed by atoms with Crippen molar-refractivity contribution < 1.29 is 14.1 Å². The molecule has 1 aromatic heterocycles. The molecule has 2 aromatic rings. The van der Waals surface area contributed by atoms with E-state index in [0.29, 0.717) is 6.61 Å². The Morgan fingerprint density at radius 3 is 2.71 bits per heavy atom. The number of para-hydroxylation sites is 2. The molecule has 0 unspecified atom stereocenters. The fourth-order valence-electron chi connectivity index (χ4n) is 2.92. The highest BCUT2D eigenvalue weighted by atomic mass is 16.5. The first-order valence-electron chi connectivity index (χ1n) is 7.68. The monoisotopic (exact) mass is 287 g/mol. The van der Waals surface area contributed by atoms with Crippen LogP contribution < -0.4 is 14.5 Å². The number of quaternary nitrogens is 1. The average Bonchev–Trinajstić information content (AvgIpc) is 3.02. The molecule has 21 heavy (non-hydrogen) atoms. The second-order valence-electron chi connectivity index (χ2n) is 5.45. The number of hydrogen-bond donors (Lipinski definition) is 1. The van der Waals surface area contributed by atoms with Crippen molar-refractivity contribution in [3.63, 3.8) is 0 Å². The Morgan fingerprint density at radius 1 is 1.19 bits per heavy atom. The third-order valence-electron chi connectivity index (χ3n) is 4.01. The second kappa shape index (κ2) is 6.68. The van der Waals surface area contributed by atoms with Crippen LogP contribution in [0.15, 0.2) is 47.3 Å². The molecule has 2 heterocycles. The Balaban J connectivity index is 1.60. The van der Waals surface area contributed by atoms with E-state index in [4.69, 9.17) is 9.15 Å². The largest absolute Gasteiger partial charge is 0.492 e. The van der Waals surface area contributed by atoms with Crippen LogP contribution in [-0.2, 0) is 6.54 Å². The van der Waals surface area contributed by atoms with Gasteiger partial charge in [0, 0.05) is 5.56 Å². The van der Waals surface area contributed by atoms with E-state index in [1.54, 1.807) is 11.2 Å². The van der Waals surface area contributed by atoms with Gasteiger partial charge in [-0.25, -0.2) is 0 Å². The minimum absolute atomic E-state index is 0.711. The van der Waals surface area contributed by atoms with E-state index in [9.17, 15) is 0 Å². The maximum absolute atomic E-state index is 5.74. The zero-order chi connectivity index (χ0) is 14.5. The highest BCUT2D eigenvalue weighted by Crippen LogP contribution is 2.27. The summed E-state index contributed by atoms with van der Waals surface area (Å²) in [5, 5.41) is 0. The summed E-state index contributed by atoms with van der Waals surface area (Å²) in [6.45, 7) is 8.22. The molecule has 0 amide bonds. The molecule has 0 atom stereocenters. The summed E-state index contributed by atoms with van der Waals surface area (Å²) in [6, 6.07) is 10.4. The lowest BCUT2D eigenvalue weighted by molar-refractivity contribution is -0.914. The number of piperazine rings is 1. The molecule has 112 valence electrons. The molecule has 1 aromatic carbocycles. The van der Waals surface area contributed by atoms with Crippen LogP contribution >= 0.6 is 0 Å². The molecule has 1 saturated heterocycles. The van der Waals surface area contributed by atoms with Crippen molar-refractivity contribution in [2.24, 2.45) is 0 Å². The molecule has 1 fully saturated rings. The molecule has 1 aliphatic rings. The summed E-state index contributed by atoms with van der Waals surface area (Å²) in [5.74, 6) is 0.998. The van der Waals surface area contributed by atoms with Crippen LogP contribution in [-0.4, -0.2) is 32.8 Å². The lowest BCUT2D eigenvalue weighted by Gasteiger charge is -2.34. The van der Waals surface area contributed by atoms with Crippen LogP contribution in [0.1, 0.15) is 12.5 Å². The minimum Gasteiger partial charge on any atom is -0.492 e. The number of hydrogen-bond acceptors (Lipinski definition) is 3. The van der Waals surface area contributed by atoms with E-state index in [-0.39, 0.29) is 0 Å². The lowest BCUT2D eigenvalue weighted by atomic mass is 10.2. The molecular weight excluding hydrogens is 264 g/mol. The van der Waals surface area contributed by atoms with Crippen molar-refractivity contribution >= 4 is 5.69 Å². The molecule has 1 aliphatic heterocycles. The summed E-state index contributed by atoms with van der Waals surface area (Å²) in [4.78, 5) is 4.05. The third kappa shape index (κ3) is 3.39. The highest BCUT2D eigenvalue weighted by Gasteiger charge is 2.22. The Kier molecular flexibility index (Phi) is 4.46. The van der Waals surface area contributed by atoms with Crippen molar-refractivity contribution in [3.8, 4) is 5.75 Å². The summed E-state index contributed by atoms with van der Waals surface area (Å²) in [5.41, 5.74) is 2.51.